The zero-order valence-electron chi connectivity index (χ0n) is 18.6. The summed E-state index contributed by atoms with van der Waals surface area (Å²) < 4.78 is 2.01. The fourth-order valence-corrected chi connectivity index (χ4v) is 5.29. The average molecular weight is 411 g/mol. The first kappa shape index (κ1) is 20.9. The number of fused-ring (bicyclic) bond motifs is 3. The van der Waals surface area contributed by atoms with Gasteiger partial charge < -0.3 is 15.2 Å². The highest BCUT2D eigenvalue weighted by Gasteiger charge is 2.41. The molecule has 6 heteroatoms. The Morgan fingerprint density at radius 1 is 1.10 bits per heavy atom. The number of aromatic nitrogens is 1. The van der Waals surface area contributed by atoms with Gasteiger partial charge in [0.1, 0.15) is 0 Å². The summed E-state index contributed by atoms with van der Waals surface area (Å²) in [7, 11) is 1.97. The number of benzene rings is 1. The normalized spacial score (nSPS) is 24.2. The molecule has 6 nitrogen and oxygen atoms in total. The summed E-state index contributed by atoms with van der Waals surface area (Å²) in [6, 6.07) is 8.92. The number of para-hydroxylation sites is 1. The highest BCUT2D eigenvalue weighted by Crippen LogP contribution is 2.38. The zero-order chi connectivity index (χ0) is 21.5. The van der Waals surface area contributed by atoms with Crippen LogP contribution in [-0.2, 0) is 11.8 Å². The molecule has 0 saturated carbocycles. The van der Waals surface area contributed by atoms with Crippen LogP contribution in [0.2, 0.25) is 0 Å². The third-order valence-electron chi connectivity index (χ3n) is 6.52. The lowest BCUT2D eigenvalue weighted by molar-refractivity contribution is -0.125. The van der Waals surface area contributed by atoms with Gasteiger partial charge in [-0.25, -0.2) is 0 Å². The van der Waals surface area contributed by atoms with Gasteiger partial charge in [0.15, 0.2) is 0 Å². The van der Waals surface area contributed by atoms with Crippen molar-refractivity contribution in [2.45, 2.75) is 64.1 Å². The number of nitrogens with zero attached hydrogens (tertiary/aromatic N) is 2. The maximum atomic E-state index is 12.8. The molecule has 1 aromatic carbocycles. The molecule has 2 N–H and O–H groups in total. The maximum absolute atomic E-state index is 12.8. The third-order valence-corrected chi connectivity index (χ3v) is 6.52. The Balaban J connectivity index is 1.33. The van der Waals surface area contributed by atoms with Crippen molar-refractivity contribution >= 4 is 22.7 Å². The van der Waals surface area contributed by atoms with Crippen molar-refractivity contribution in [2.75, 3.05) is 13.1 Å². The van der Waals surface area contributed by atoms with E-state index in [1.54, 1.807) is 0 Å². The Kier molecular flexibility index (Phi) is 5.62. The molecule has 0 aliphatic carbocycles. The van der Waals surface area contributed by atoms with E-state index in [1.807, 2.05) is 62.8 Å². The third kappa shape index (κ3) is 4.38. The van der Waals surface area contributed by atoms with E-state index in [4.69, 9.17) is 0 Å². The Hall–Kier alpha value is -2.34. The van der Waals surface area contributed by atoms with E-state index in [0.717, 1.165) is 42.1 Å². The maximum Gasteiger partial charge on any atom is 0.253 e. The molecule has 3 heterocycles. The predicted octanol–water partition coefficient (Wildman–Crippen LogP) is 3.07. The van der Waals surface area contributed by atoms with Crippen molar-refractivity contribution in [1.29, 1.82) is 0 Å². The van der Waals surface area contributed by atoms with Crippen LogP contribution in [0.1, 0.15) is 56.8 Å². The standard InChI is InChI=1S/C24H34N4O2/c1-24(2,3)26-22(29)15-28-17-9-10-18(28)12-16(11-17)13-25-23(30)20-14-27(4)21-8-6-5-7-19(20)21/h5-8,14,16-18H,9-13,15H2,1-4H3,(H,25,30)(H,26,29)/t16-,17-,18+. The second-order valence-corrected chi connectivity index (χ2v) is 10.1. The van der Waals surface area contributed by atoms with Gasteiger partial charge in [0.25, 0.3) is 5.91 Å². The topological polar surface area (TPSA) is 66.4 Å². The van der Waals surface area contributed by atoms with E-state index in [1.165, 1.54) is 0 Å². The molecule has 0 spiro atoms. The largest absolute Gasteiger partial charge is 0.352 e. The molecule has 2 aromatic rings. The first-order valence-electron chi connectivity index (χ1n) is 11.1. The Bertz CT molecular complexity index is 928. The molecule has 30 heavy (non-hydrogen) atoms. The van der Waals surface area contributed by atoms with Crippen LogP contribution in [0.3, 0.4) is 0 Å². The molecule has 0 radical (unpaired) electrons. The van der Waals surface area contributed by atoms with Gasteiger partial charge in [-0.2, -0.15) is 0 Å². The quantitative estimate of drug-likeness (QED) is 0.796. The predicted molar refractivity (Wildman–Crippen MR) is 119 cm³/mol. The summed E-state index contributed by atoms with van der Waals surface area (Å²) in [6.07, 6.45) is 6.33. The highest BCUT2D eigenvalue weighted by atomic mass is 16.2. The lowest BCUT2D eigenvalue weighted by Crippen LogP contribution is -2.52. The Morgan fingerprint density at radius 3 is 2.43 bits per heavy atom. The summed E-state index contributed by atoms with van der Waals surface area (Å²) in [5, 5.41) is 7.26. The van der Waals surface area contributed by atoms with Gasteiger partial charge in [-0.3, -0.25) is 14.5 Å². The molecular weight excluding hydrogens is 376 g/mol. The lowest BCUT2D eigenvalue weighted by Gasteiger charge is -2.39. The molecule has 2 saturated heterocycles. The number of aryl methyl sites for hydroxylation is 1. The van der Waals surface area contributed by atoms with Gasteiger partial charge in [-0.05, 0) is 58.4 Å². The second-order valence-electron chi connectivity index (χ2n) is 10.1. The fourth-order valence-electron chi connectivity index (χ4n) is 5.29. The molecule has 2 amide bonds. The number of carbonyl (C=O) groups excluding carboxylic acids is 2. The Labute approximate surface area is 179 Å². The fraction of sp³-hybridized carbons (Fsp3) is 0.583. The second kappa shape index (κ2) is 8.06. The van der Waals surface area contributed by atoms with Crippen LogP contribution in [0.5, 0.6) is 0 Å². The van der Waals surface area contributed by atoms with E-state index in [-0.39, 0.29) is 17.4 Å². The number of amides is 2. The minimum absolute atomic E-state index is 0.00568. The van der Waals surface area contributed by atoms with Crippen molar-refractivity contribution < 1.29 is 9.59 Å². The number of rotatable bonds is 5. The lowest BCUT2D eigenvalue weighted by atomic mass is 9.90. The Morgan fingerprint density at radius 2 is 1.77 bits per heavy atom. The van der Waals surface area contributed by atoms with Crippen molar-refractivity contribution in [3.05, 3.63) is 36.0 Å². The number of piperidine rings is 1. The van der Waals surface area contributed by atoms with Crippen molar-refractivity contribution in [2.24, 2.45) is 13.0 Å². The molecule has 2 bridgehead atoms. The van der Waals surface area contributed by atoms with Crippen LogP contribution in [-0.4, -0.2) is 52.0 Å². The SMILES string of the molecule is Cn1cc(C(=O)NC[C@@H]2C[C@H]3CC[C@@H](C2)N3CC(=O)NC(C)(C)C)c2ccccc21. The molecule has 1 aromatic heterocycles. The molecule has 2 aliphatic heterocycles. The minimum Gasteiger partial charge on any atom is -0.352 e. The van der Waals surface area contributed by atoms with Crippen LogP contribution in [0, 0.1) is 5.92 Å². The summed E-state index contributed by atoms with van der Waals surface area (Å²) in [5.74, 6) is 0.594. The number of hydrogen-bond acceptors (Lipinski definition) is 3. The molecule has 4 rings (SSSR count). The molecule has 2 aliphatic rings. The van der Waals surface area contributed by atoms with Crippen LogP contribution in [0.25, 0.3) is 10.9 Å². The van der Waals surface area contributed by atoms with Gasteiger partial charge in [-0.1, -0.05) is 18.2 Å². The van der Waals surface area contributed by atoms with E-state index >= 15 is 0 Å². The smallest absolute Gasteiger partial charge is 0.253 e. The number of hydrogen-bond donors (Lipinski definition) is 2. The van der Waals surface area contributed by atoms with Gasteiger partial charge in [0.2, 0.25) is 5.91 Å². The van der Waals surface area contributed by atoms with Crippen molar-refractivity contribution in [1.82, 2.24) is 20.1 Å². The van der Waals surface area contributed by atoms with Crippen LogP contribution in [0.15, 0.2) is 30.5 Å². The summed E-state index contributed by atoms with van der Waals surface area (Å²) in [6.45, 7) is 7.25. The average Bonchev–Trinajstić information content (AvgIpc) is 3.11. The van der Waals surface area contributed by atoms with Gasteiger partial charge >= 0.3 is 0 Å². The van der Waals surface area contributed by atoms with E-state index in [2.05, 4.69) is 15.5 Å². The summed E-state index contributed by atoms with van der Waals surface area (Å²) in [4.78, 5) is 27.6. The molecule has 162 valence electrons. The van der Waals surface area contributed by atoms with Gasteiger partial charge in [-0.15, -0.1) is 0 Å². The molecule has 3 atom stereocenters. The number of carbonyl (C=O) groups is 2. The summed E-state index contributed by atoms with van der Waals surface area (Å²) in [5.41, 5.74) is 1.62. The monoisotopic (exact) mass is 410 g/mol. The first-order chi connectivity index (χ1) is 14.2. The van der Waals surface area contributed by atoms with Crippen LogP contribution < -0.4 is 10.6 Å². The minimum atomic E-state index is -0.194. The van der Waals surface area contributed by atoms with Crippen LogP contribution in [0.4, 0.5) is 0 Å². The van der Waals surface area contributed by atoms with E-state index < -0.39 is 0 Å². The number of nitrogens with one attached hydrogen (secondary N) is 2. The van der Waals surface area contributed by atoms with E-state index in [0.29, 0.717) is 31.1 Å². The molecular formula is C24H34N4O2. The van der Waals surface area contributed by atoms with Gasteiger partial charge in [0, 0.05) is 48.3 Å². The zero-order valence-corrected chi connectivity index (χ0v) is 18.6. The molecule has 2 fully saturated rings. The first-order valence-corrected chi connectivity index (χ1v) is 11.1. The van der Waals surface area contributed by atoms with Crippen molar-refractivity contribution in [3.8, 4) is 0 Å². The summed E-state index contributed by atoms with van der Waals surface area (Å²) >= 11 is 0. The van der Waals surface area contributed by atoms with Gasteiger partial charge in [0.05, 0.1) is 12.1 Å². The van der Waals surface area contributed by atoms with Crippen molar-refractivity contribution in [3.63, 3.8) is 0 Å². The highest BCUT2D eigenvalue weighted by molar-refractivity contribution is 6.06. The van der Waals surface area contributed by atoms with Crippen LogP contribution >= 0.6 is 0 Å². The van der Waals surface area contributed by atoms with E-state index in [9.17, 15) is 9.59 Å². The molecule has 0 unspecified atom stereocenters.